The van der Waals surface area contributed by atoms with Gasteiger partial charge in [-0.2, -0.15) is 0 Å². The molecule has 1 saturated heterocycles. The summed E-state index contributed by atoms with van der Waals surface area (Å²) in [7, 11) is 0. The van der Waals surface area contributed by atoms with Gasteiger partial charge in [-0.15, -0.1) is 0 Å². The average Bonchev–Trinajstić information content (AvgIpc) is 3.06. The highest BCUT2D eigenvalue weighted by molar-refractivity contribution is 5.94. The zero-order valence-corrected chi connectivity index (χ0v) is 21.7. The monoisotopic (exact) mass is 505 g/mol. The molecule has 0 aromatic heterocycles. The minimum atomic E-state index is -0.979. The van der Waals surface area contributed by atoms with Crippen LogP contribution in [0.3, 0.4) is 0 Å². The van der Waals surface area contributed by atoms with Crippen LogP contribution < -0.4 is 10.6 Å². The van der Waals surface area contributed by atoms with Crippen molar-refractivity contribution in [2.75, 3.05) is 26.2 Å². The molecule has 2 aromatic carbocycles. The van der Waals surface area contributed by atoms with E-state index in [9.17, 15) is 19.5 Å². The molecule has 7 heteroatoms. The molecule has 2 amide bonds. The molecule has 198 valence electrons. The number of carbonyl (C=O) groups excluding carboxylic acids is 2. The summed E-state index contributed by atoms with van der Waals surface area (Å²) in [6.07, 6.45) is 5.52. The number of nitrogens with zero attached hydrogens (tertiary/aromatic N) is 1. The van der Waals surface area contributed by atoms with Crippen molar-refractivity contribution >= 4 is 17.8 Å². The van der Waals surface area contributed by atoms with Crippen LogP contribution in [0.25, 0.3) is 0 Å². The number of hydrogen-bond donors (Lipinski definition) is 3. The molecule has 0 spiro atoms. The second-order valence-corrected chi connectivity index (χ2v) is 10.5. The van der Waals surface area contributed by atoms with Gasteiger partial charge in [-0.25, -0.2) is 0 Å². The first-order valence-corrected chi connectivity index (χ1v) is 13.6. The fraction of sp³-hybridized carbons (Fsp3) is 0.500. The Kier molecular flexibility index (Phi) is 9.34. The number of fused-ring (bicyclic) bond motifs is 1. The lowest BCUT2D eigenvalue weighted by Gasteiger charge is -2.26. The molecule has 0 saturated carbocycles. The molecular weight excluding hydrogens is 466 g/mol. The Labute approximate surface area is 219 Å². The zero-order chi connectivity index (χ0) is 26.2. The Bertz CT molecular complexity index is 1080. The number of benzene rings is 2. The van der Waals surface area contributed by atoms with E-state index >= 15 is 0 Å². The third-order valence-corrected chi connectivity index (χ3v) is 7.94. The number of nitrogens with one attached hydrogen (secondary N) is 2. The smallest absolute Gasteiger partial charge is 0.307 e. The third kappa shape index (κ3) is 7.19. The van der Waals surface area contributed by atoms with Crippen molar-refractivity contribution in [1.82, 2.24) is 15.5 Å². The van der Waals surface area contributed by atoms with Crippen LogP contribution in [0.5, 0.6) is 0 Å². The number of carbonyl (C=O) groups is 3. The second-order valence-electron chi connectivity index (χ2n) is 10.5. The molecular formula is C30H39N3O4. The lowest BCUT2D eigenvalue weighted by atomic mass is 9.86. The molecule has 3 N–H and O–H groups in total. The molecule has 2 heterocycles. The highest BCUT2D eigenvalue weighted by atomic mass is 16.4. The van der Waals surface area contributed by atoms with Crippen LogP contribution in [-0.2, 0) is 29.0 Å². The predicted octanol–water partition coefficient (Wildman–Crippen LogP) is 3.66. The molecule has 2 atom stereocenters. The van der Waals surface area contributed by atoms with E-state index in [1.54, 1.807) is 11.8 Å². The number of rotatable bonds is 10. The van der Waals surface area contributed by atoms with E-state index in [1.807, 2.05) is 48.5 Å². The highest BCUT2D eigenvalue weighted by Crippen LogP contribution is 2.29. The summed E-state index contributed by atoms with van der Waals surface area (Å²) < 4.78 is 0. The van der Waals surface area contributed by atoms with E-state index in [-0.39, 0.29) is 11.8 Å². The minimum absolute atomic E-state index is 0.118. The highest BCUT2D eigenvalue weighted by Gasteiger charge is 2.36. The first-order chi connectivity index (χ1) is 17.9. The summed E-state index contributed by atoms with van der Waals surface area (Å²) in [5, 5.41) is 16.1. The summed E-state index contributed by atoms with van der Waals surface area (Å²) in [6, 6.07) is 15.6. The molecule has 0 radical (unpaired) electrons. The van der Waals surface area contributed by atoms with Crippen LogP contribution in [-0.4, -0.2) is 54.0 Å². The average molecular weight is 506 g/mol. The molecule has 4 rings (SSSR count). The lowest BCUT2D eigenvalue weighted by Crippen LogP contribution is -2.40. The molecule has 2 aliphatic rings. The van der Waals surface area contributed by atoms with Gasteiger partial charge in [0.15, 0.2) is 0 Å². The SMILES string of the molecule is CC(C(=O)O)C1Cc2cc(C(=O)NCCCC3CCNCC3)ccc2CN(CCc2ccccc2)C1=O. The first-order valence-electron chi connectivity index (χ1n) is 13.6. The van der Waals surface area contributed by atoms with Crippen molar-refractivity contribution in [3.63, 3.8) is 0 Å². The van der Waals surface area contributed by atoms with Gasteiger partial charge in [-0.05, 0) is 86.4 Å². The Hall–Kier alpha value is -3.19. The Morgan fingerprint density at radius 2 is 1.86 bits per heavy atom. The van der Waals surface area contributed by atoms with Gasteiger partial charge in [-0.1, -0.05) is 43.3 Å². The van der Waals surface area contributed by atoms with E-state index < -0.39 is 17.8 Å². The Morgan fingerprint density at radius 3 is 2.59 bits per heavy atom. The number of hydrogen-bond acceptors (Lipinski definition) is 4. The van der Waals surface area contributed by atoms with Gasteiger partial charge < -0.3 is 20.6 Å². The molecule has 1 fully saturated rings. The molecule has 37 heavy (non-hydrogen) atoms. The van der Waals surface area contributed by atoms with Gasteiger partial charge in [-0.3, -0.25) is 14.4 Å². The van der Waals surface area contributed by atoms with E-state index in [1.165, 1.54) is 12.8 Å². The molecule has 2 aromatic rings. The first kappa shape index (κ1) is 26.9. The molecule has 2 unspecified atom stereocenters. The van der Waals surface area contributed by atoms with Gasteiger partial charge in [0.25, 0.3) is 5.91 Å². The Morgan fingerprint density at radius 1 is 1.11 bits per heavy atom. The quantitative estimate of drug-likeness (QED) is 0.428. The topological polar surface area (TPSA) is 98.7 Å². The Balaban J connectivity index is 1.44. The predicted molar refractivity (Wildman–Crippen MR) is 143 cm³/mol. The lowest BCUT2D eigenvalue weighted by molar-refractivity contribution is -0.149. The van der Waals surface area contributed by atoms with Crippen LogP contribution in [0, 0.1) is 17.8 Å². The summed E-state index contributed by atoms with van der Waals surface area (Å²) in [4.78, 5) is 40.0. The molecule has 2 aliphatic heterocycles. The second kappa shape index (κ2) is 12.9. The van der Waals surface area contributed by atoms with Crippen molar-refractivity contribution in [3.05, 3.63) is 70.8 Å². The maximum absolute atomic E-state index is 13.5. The van der Waals surface area contributed by atoms with Crippen molar-refractivity contribution in [2.45, 2.75) is 52.0 Å². The van der Waals surface area contributed by atoms with Crippen LogP contribution in [0.1, 0.15) is 59.7 Å². The van der Waals surface area contributed by atoms with Crippen LogP contribution in [0.2, 0.25) is 0 Å². The number of aliphatic carboxylic acids is 1. The van der Waals surface area contributed by atoms with Gasteiger partial charge in [0.05, 0.1) is 11.8 Å². The van der Waals surface area contributed by atoms with Crippen LogP contribution in [0.4, 0.5) is 0 Å². The molecule has 7 nitrogen and oxygen atoms in total. The summed E-state index contributed by atoms with van der Waals surface area (Å²) in [5.74, 6) is -1.98. The van der Waals surface area contributed by atoms with Crippen LogP contribution >= 0.6 is 0 Å². The fourth-order valence-electron chi connectivity index (χ4n) is 5.48. The maximum atomic E-state index is 13.5. The standard InChI is InChI=1S/C30H39N3O4/c1-21(30(36)37)27-19-26-18-24(28(34)32-14-5-8-23-11-15-31-16-12-23)9-10-25(26)20-33(29(27)35)17-13-22-6-3-2-4-7-22/h2-4,6-7,9-10,18,21,23,27,31H,5,8,11-17,19-20H2,1H3,(H,32,34)(H,36,37). The summed E-state index contributed by atoms with van der Waals surface area (Å²) in [6.45, 7) is 5.35. The van der Waals surface area contributed by atoms with Gasteiger partial charge in [0.1, 0.15) is 0 Å². The third-order valence-electron chi connectivity index (χ3n) is 7.94. The van der Waals surface area contributed by atoms with Crippen molar-refractivity contribution in [2.24, 2.45) is 17.8 Å². The van der Waals surface area contributed by atoms with Crippen molar-refractivity contribution in [3.8, 4) is 0 Å². The van der Waals surface area contributed by atoms with E-state index in [0.29, 0.717) is 38.0 Å². The van der Waals surface area contributed by atoms with Crippen LogP contribution in [0.15, 0.2) is 48.5 Å². The van der Waals surface area contributed by atoms with Crippen molar-refractivity contribution < 1.29 is 19.5 Å². The van der Waals surface area contributed by atoms with E-state index in [0.717, 1.165) is 48.5 Å². The summed E-state index contributed by atoms with van der Waals surface area (Å²) >= 11 is 0. The van der Waals surface area contributed by atoms with E-state index in [4.69, 9.17) is 0 Å². The molecule has 0 aliphatic carbocycles. The normalized spacial score (nSPS) is 19.1. The summed E-state index contributed by atoms with van der Waals surface area (Å²) in [5.41, 5.74) is 3.56. The van der Waals surface area contributed by atoms with E-state index in [2.05, 4.69) is 10.6 Å². The minimum Gasteiger partial charge on any atom is -0.481 e. The largest absolute Gasteiger partial charge is 0.481 e. The maximum Gasteiger partial charge on any atom is 0.307 e. The fourth-order valence-corrected chi connectivity index (χ4v) is 5.48. The van der Waals surface area contributed by atoms with Gasteiger partial charge in [0.2, 0.25) is 5.91 Å². The molecule has 0 bridgehead atoms. The zero-order valence-electron chi connectivity index (χ0n) is 21.7. The number of carboxylic acids is 1. The van der Waals surface area contributed by atoms with Gasteiger partial charge in [0, 0.05) is 25.2 Å². The number of piperidine rings is 1. The van der Waals surface area contributed by atoms with Gasteiger partial charge >= 0.3 is 5.97 Å². The number of amides is 2. The number of carboxylic acid groups (broad SMARTS) is 1. The van der Waals surface area contributed by atoms with Crippen molar-refractivity contribution in [1.29, 1.82) is 0 Å².